The van der Waals surface area contributed by atoms with Crippen molar-refractivity contribution in [2.75, 3.05) is 13.1 Å². The van der Waals surface area contributed by atoms with Gasteiger partial charge >= 0.3 is 5.97 Å². The first-order chi connectivity index (χ1) is 7.71. The van der Waals surface area contributed by atoms with Crippen LogP contribution in [0.2, 0.25) is 0 Å². The van der Waals surface area contributed by atoms with Crippen molar-refractivity contribution >= 4 is 5.97 Å². The normalized spacial score (nSPS) is 19.1. The van der Waals surface area contributed by atoms with E-state index in [1.165, 1.54) is 0 Å². The molecule has 1 fully saturated rings. The van der Waals surface area contributed by atoms with Gasteiger partial charge in [0, 0.05) is 5.92 Å². The summed E-state index contributed by atoms with van der Waals surface area (Å²) in [7, 11) is 0. The van der Waals surface area contributed by atoms with Crippen LogP contribution in [0, 0.1) is 11.3 Å². The number of hydrogen-bond donors (Lipinski definition) is 1. The summed E-state index contributed by atoms with van der Waals surface area (Å²) in [5.74, 6) is 0.411. The molecule has 0 saturated carbocycles. The van der Waals surface area contributed by atoms with Crippen molar-refractivity contribution in [3.8, 4) is 0 Å². The zero-order chi connectivity index (χ0) is 13.1. The molecule has 1 heterocycles. The third kappa shape index (κ3) is 5.07. The van der Waals surface area contributed by atoms with Crippen LogP contribution in [0.1, 0.15) is 53.9 Å². The molecular formula is C14H27NO2. The maximum atomic E-state index is 11.9. The van der Waals surface area contributed by atoms with E-state index in [1.807, 2.05) is 13.8 Å². The highest BCUT2D eigenvalue weighted by atomic mass is 16.6. The van der Waals surface area contributed by atoms with Crippen LogP contribution in [0.5, 0.6) is 0 Å². The third-order valence-electron chi connectivity index (χ3n) is 3.37. The largest absolute Gasteiger partial charge is 0.459 e. The van der Waals surface area contributed by atoms with Gasteiger partial charge in [-0.1, -0.05) is 20.8 Å². The van der Waals surface area contributed by atoms with E-state index in [0.717, 1.165) is 25.9 Å². The molecule has 1 N–H and O–H groups in total. The lowest BCUT2D eigenvalue weighted by Gasteiger charge is -2.37. The van der Waals surface area contributed by atoms with Crippen molar-refractivity contribution in [1.29, 1.82) is 0 Å². The minimum atomic E-state index is -0.329. The van der Waals surface area contributed by atoms with Gasteiger partial charge in [0.05, 0.1) is 6.42 Å². The highest BCUT2D eigenvalue weighted by molar-refractivity contribution is 5.70. The zero-order valence-corrected chi connectivity index (χ0v) is 11.9. The van der Waals surface area contributed by atoms with Crippen molar-refractivity contribution in [3.63, 3.8) is 0 Å². The van der Waals surface area contributed by atoms with Crippen molar-refractivity contribution in [3.05, 3.63) is 0 Å². The van der Waals surface area contributed by atoms with Crippen LogP contribution >= 0.6 is 0 Å². The van der Waals surface area contributed by atoms with Gasteiger partial charge in [-0.05, 0) is 45.2 Å². The van der Waals surface area contributed by atoms with E-state index in [4.69, 9.17) is 4.74 Å². The molecule has 3 nitrogen and oxygen atoms in total. The zero-order valence-electron chi connectivity index (χ0n) is 11.9. The summed E-state index contributed by atoms with van der Waals surface area (Å²) >= 11 is 0. The molecular weight excluding hydrogens is 214 g/mol. The van der Waals surface area contributed by atoms with E-state index in [-0.39, 0.29) is 17.0 Å². The molecule has 1 rings (SSSR count). The number of ether oxygens (including phenoxy) is 1. The van der Waals surface area contributed by atoms with Gasteiger partial charge in [0.15, 0.2) is 0 Å². The molecule has 0 aliphatic carbocycles. The van der Waals surface area contributed by atoms with Gasteiger partial charge in [0.2, 0.25) is 0 Å². The van der Waals surface area contributed by atoms with E-state index in [1.54, 1.807) is 0 Å². The lowest BCUT2D eigenvalue weighted by molar-refractivity contribution is -0.164. The molecule has 1 aliphatic rings. The molecule has 100 valence electrons. The maximum absolute atomic E-state index is 11.9. The smallest absolute Gasteiger partial charge is 0.306 e. The summed E-state index contributed by atoms with van der Waals surface area (Å²) in [5.41, 5.74) is -0.328. The second-order valence-electron chi connectivity index (χ2n) is 6.84. The van der Waals surface area contributed by atoms with E-state index < -0.39 is 0 Å². The van der Waals surface area contributed by atoms with Crippen LogP contribution in [0.15, 0.2) is 0 Å². The SMILES string of the molecule is CC(C)(C)CC(=O)OC(C)(C)C1CCNCC1. The Kier molecular flexibility index (Phi) is 4.59. The average Bonchev–Trinajstić information content (AvgIpc) is 2.15. The summed E-state index contributed by atoms with van der Waals surface area (Å²) in [6.45, 7) is 12.3. The summed E-state index contributed by atoms with van der Waals surface area (Å²) in [6, 6.07) is 0. The van der Waals surface area contributed by atoms with Crippen molar-refractivity contribution in [2.24, 2.45) is 11.3 Å². The minimum absolute atomic E-state index is 0.00127. The second kappa shape index (κ2) is 5.38. The van der Waals surface area contributed by atoms with E-state index in [9.17, 15) is 4.79 Å². The standard InChI is InChI=1S/C14H27NO2/c1-13(2,3)10-12(16)17-14(4,5)11-6-8-15-9-7-11/h11,15H,6-10H2,1-5H3. The molecule has 0 radical (unpaired) electrons. The van der Waals surface area contributed by atoms with Crippen molar-refractivity contribution in [1.82, 2.24) is 5.32 Å². The monoisotopic (exact) mass is 241 g/mol. The fraction of sp³-hybridized carbons (Fsp3) is 0.929. The summed E-state index contributed by atoms with van der Waals surface area (Å²) < 4.78 is 5.69. The molecule has 0 spiro atoms. The first kappa shape index (κ1) is 14.5. The number of carbonyl (C=O) groups is 1. The number of esters is 1. The predicted molar refractivity (Wildman–Crippen MR) is 69.8 cm³/mol. The summed E-state index contributed by atoms with van der Waals surface area (Å²) in [4.78, 5) is 11.9. The van der Waals surface area contributed by atoms with Crippen molar-refractivity contribution < 1.29 is 9.53 Å². The molecule has 0 amide bonds. The first-order valence-corrected chi connectivity index (χ1v) is 6.63. The Hall–Kier alpha value is -0.570. The molecule has 0 atom stereocenters. The molecule has 0 bridgehead atoms. The summed E-state index contributed by atoms with van der Waals surface area (Å²) in [5, 5.41) is 3.34. The van der Waals surface area contributed by atoms with Crippen LogP contribution in [0.4, 0.5) is 0 Å². The molecule has 0 unspecified atom stereocenters. The fourth-order valence-electron chi connectivity index (χ4n) is 2.36. The number of piperidine rings is 1. The molecule has 0 aromatic carbocycles. The van der Waals surface area contributed by atoms with Gasteiger partial charge < -0.3 is 10.1 Å². The van der Waals surface area contributed by atoms with Crippen LogP contribution in [0.25, 0.3) is 0 Å². The molecule has 17 heavy (non-hydrogen) atoms. The fourth-order valence-corrected chi connectivity index (χ4v) is 2.36. The van der Waals surface area contributed by atoms with Gasteiger partial charge in [0.1, 0.15) is 5.60 Å². The molecule has 1 aliphatic heterocycles. The first-order valence-electron chi connectivity index (χ1n) is 6.63. The Bertz CT molecular complexity index is 260. The molecule has 0 aromatic rings. The Morgan fingerprint density at radius 3 is 2.18 bits per heavy atom. The molecule has 1 saturated heterocycles. The second-order valence-corrected chi connectivity index (χ2v) is 6.84. The average molecular weight is 241 g/mol. The van der Waals surface area contributed by atoms with Crippen LogP contribution in [-0.2, 0) is 9.53 Å². The number of nitrogens with one attached hydrogen (secondary N) is 1. The number of carbonyl (C=O) groups excluding carboxylic acids is 1. The molecule has 0 aromatic heterocycles. The van der Waals surface area contributed by atoms with Gasteiger partial charge in [-0.2, -0.15) is 0 Å². The predicted octanol–water partition coefficient (Wildman–Crippen LogP) is 2.74. The van der Waals surface area contributed by atoms with E-state index in [0.29, 0.717) is 12.3 Å². The lowest BCUT2D eigenvalue weighted by Crippen LogP contribution is -2.43. The van der Waals surface area contributed by atoms with Gasteiger partial charge in [-0.25, -0.2) is 0 Å². The van der Waals surface area contributed by atoms with Crippen LogP contribution < -0.4 is 5.32 Å². The summed E-state index contributed by atoms with van der Waals surface area (Å²) in [6.07, 6.45) is 2.67. The minimum Gasteiger partial charge on any atom is -0.459 e. The Balaban J connectivity index is 2.50. The van der Waals surface area contributed by atoms with Gasteiger partial charge in [0.25, 0.3) is 0 Å². The van der Waals surface area contributed by atoms with Crippen LogP contribution in [0.3, 0.4) is 0 Å². The Morgan fingerprint density at radius 1 is 1.18 bits per heavy atom. The quantitative estimate of drug-likeness (QED) is 0.772. The highest BCUT2D eigenvalue weighted by Gasteiger charge is 2.34. The van der Waals surface area contributed by atoms with Gasteiger partial charge in [-0.15, -0.1) is 0 Å². The maximum Gasteiger partial charge on any atom is 0.306 e. The van der Waals surface area contributed by atoms with E-state index in [2.05, 4.69) is 26.1 Å². The Morgan fingerprint density at radius 2 is 1.71 bits per heavy atom. The molecule has 3 heteroatoms. The van der Waals surface area contributed by atoms with Crippen LogP contribution in [-0.4, -0.2) is 24.7 Å². The highest BCUT2D eigenvalue weighted by Crippen LogP contribution is 2.30. The number of hydrogen-bond acceptors (Lipinski definition) is 3. The van der Waals surface area contributed by atoms with Gasteiger partial charge in [-0.3, -0.25) is 4.79 Å². The van der Waals surface area contributed by atoms with Crippen molar-refractivity contribution in [2.45, 2.75) is 59.5 Å². The van der Waals surface area contributed by atoms with E-state index >= 15 is 0 Å². The number of rotatable bonds is 3. The Labute approximate surface area is 105 Å². The third-order valence-corrected chi connectivity index (χ3v) is 3.37. The lowest BCUT2D eigenvalue weighted by atomic mass is 9.83. The topological polar surface area (TPSA) is 38.3 Å².